The Morgan fingerprint density at radius 3 is 2.36 bits per heavy atom. The molecule has 1 aliphatic heterocycles. The highest BCUT2D eigenvalue weighted by atomic mass is 16.6. The number of rotatable bonds is 3. The number of methoxy groups -OCH3 is 2. The fourth-order valence-corrected chi connectivity index (χ4v) is 1.60. The van der Waals surface area contributed by atoms with Crippen LogP contribution in [0.2, 0.25) is 0 Å². The first-order valence-corrected chi connectivity index (χ1v) is 4.35. The fraction of sp³-hybridized carbons (Fsp3) is 0.778. The van der Waals surface area contributed by atoms with Crippen molar-refractivity contribution in [2.75, 3.05) is 20.8 Å². The first-order chi connectivity index (χ1) is 6.65. The molecule has 0 aromatic heterocycles. The lowest BCUT2D eigenvalue weighted by Crippen LogP contribution is -2.54. The van der Waals surface area contributed by atoms with Crippen LogP contribution in [0, 0.1) is 0 Å². The SMILES string of the molecule is C=C1OC(CO)C(OC)C(OC)C1O. The summed E-state index contributed by atoms with van der Waals surface area (Å²) in [6, 6.07) is 0. The van der Waals surface area contributed by atoms with Crippen LogP contribution in [0.25, 0.3) is 0 Å². The van der Waals surface area contributed by atoms with Gasteiger partial charge in [-0.2, -0.15) is 0 Å². The highest BCUT2D eigenvalue weighted by Gasteiger charge is 2.42. The molecule has 0 aliphatic carbocycles. The maximum absolute atomic E-state index is 9.64. The van der Waals surface area contributed by atoms with E-state index < -0.39 is 24.4 Å². The third kappa shape index (κ3) is 1.90. The predicted molar refractivity (Wildman–Crippen MR) is 48.7 cm³/mol. The van der Waals surface area contributed by atoms with Gasteiger partial charge in [-0.15, -0.1) is 0 Å². The monoisotopic (exact) mass is 204 g/mol. The largest absolute Gasteiger partial charge is 0.487 e. The van der Waals surface area contributed by atoms with Crippen LogP contribution in [0.3, 0.4) is 0 Å². The van der Waals surface area contributed by atoms with Gasteiger partial charge < -0.3 is 24.4 Å². The van der Waals surface area contributed by atoms with Crippen LogP contribution in [0.5, 0.6) is 0 Å². The second kappa shape index (κ2) is 4.75. The van der Waals surface area contributed by atoms with E-state index in [-0.39, 0.29) is 12.4 Å². The van der Waals surface area contributed by atoms with Gasteiger partial charge >= 0.3 is 0 Å². The minimum Gasteiger partial charge on any atom is -0.487 e. The summed E-state index contributed by atoms with van der Waals surface area (Å²) in [5.41, 5.74) is 0. The molecule has 4 atom stereocenters. The molecule has 0 amide bonds. The van der Waals surface area contributed by atoms with Gasteiger partial charge in [0.05, 0.1) is 6.61 Å². The first kappa shape index (κ1) is 11.5. The fourth-order valence-electron chi connectivity index (χ4n) is 1.60. The van der Waals surface area contributed by atoms with Crippen LogP contribution in [0.15, 0.2) is 12.3 Å². The van der Waals surface area contributed by atoms with Gasteiger partial charge in [-0.3, -0.25) is 0 Å². The third-order valence-electron chi connectivity index (χ3n) is 2.36. The maximum atomic E-state index is 9.64. The van der Waals surface area contributed by atoms with E-state index in [1.807, 2.05) is 0 Å². The Kier molecular flexibility index (Phi) is 3.88. The second-order valence-corrected chi connectivity index (χ2v) is 3.15. The first-order valence-electron chi connectivity index (χ1n) is 4.35. The molecule has 4 unspecified atom stereocenters. The number of ether oxygens (including phenoxy) is 3. The molecule has 5 nitrogen and oxygen atoms in total. The van der Waals surface area contributed by atoms with Crippen molar-refractivity contribution < 1.29 is 24.4 Å². The Morgan fingerprint density at radius 1 is 1.36 bits per heavy atom. The Labute approximate surface area is 82.9 Å². The highest BCUT2D eigenvalue weighted by molar-refractivity contribution is 5.06. The van der Waals surface area contributed by atoms with E-state index >= 15 is 0 Å². The summed E-state index contributed by atoms with van der Waals surface area (Å²) >= 11 is 0. The van der Waals surface area contributed by atoms with Crippen molar-refractivity contribution in [2.24, 2.45) is 0 Å². The average molecular weight is 204 g/mol. The van der Waals surface area contributed by atoms with E-state index in [4.69, 9.17) is 19.3 Å². The zero-order valence-electron chi connectivity index (χ0n) is 8.34. The molecule has 0 spiro atoms. The molecule has 0 bridgehead atoms. The average Bonchev–Trinajstić information content (AvgIpc) is 2.20. The smallest absolute Gasteiger partial charge is 0.150 e. The van der Waals surface area contributed by atoms with Crippen LogP contribution < -0.4 is 0 Å². The highest BCUT2D eigenvalue weighted by Crippen LogP contribution is 2.26. The quantitative estimate of drug-likeness (QED) is 0.635. The maximum Gasteiger partial charge on any atom is 0.150 e. The lowest BCUT2D eigenvalue weighted by molar-refractivity contribution is -0.184. The van der Waals surface area contributed by atoms with Gasteiger partial charge in [-0.1, -0.05) is 6.58 Å². The van der Waals surface area contributed by atoms with Gasteiger partial charge in [0.15, 0.2) is 0 Å². The van der Waals surface area contributed by atoms with Crippen LogP contribution in [0.1, 0.15) is 0 Å². The summed E-state index contributed by atoms with van der Waals surface area (Å²) in [6.45, 7) is 3.34. The third-order valence-corrected chi connectivity index (χ3v) is 2.36. The molecule has 2 N–H and O–H groups in total. The van der Waals surface area contributed by atoms with Crippen molar-refractivity contribution in [3.8, 4) is 0 Å². The van der Waals surface area contributed by atoms with Gasteiger partial charge in [-0.25, -0.2) is 0 Å². The van der Waals surface area contributed by atoms with Crippen molar-refractivity contribution in [3.05, 3.63) is 12.3 Å². The molecule has 1 aliphatic rings. The summed E-state index contributed by atoms with van der Waals surface area (Å²) in [4.78, 5) is 0. The van der Waals surface area contributed by atoms with Gasteiger partial charge in [0.1, 0.15) is 30.2 Å². The van der Waals surface area contributed by atoms with Crippen LogP contribution in [0.4, 0.5) is 0 Å². The van der Waals surface area contributed by atoms with Crippen molar-refractivity contribution in [1.82, 2.24) is 0 Å². The predicted octanol–water partition coefficient (Wildman–Crippen LogP) is -0.718. The molecule has 1 saturated heterocycles. The van der Waals surface area contributed by atoms with E-state index in [9.17, 15) is 5.11 Å². The van der Waals surface area contributed by atoms with Gasteiger partial charge in [0.25, 0.3) is 0 Å². The summed E-state index contributed by atoms with van der Waals surface area (Å²) in [5.74, 6) is 0.198. The van der Waals surface area contributed by atoms with Crippen LogP contribution in [-0.4, -0.2) is 55.5 Å². The van der Waals surface area contributed by atoms with E-state index in [1.165, 1.54) is 14.2 Å². The number of hydrogen-bond donors (Lipinski definition) is 2. The topological polar surface area (TPSA) is 68.2 Å². The molecular formula is C9H16O5. The summed E-state index contributed by atoms with van der Waals surface area (Å²) in [7, 11) is 2.94. The molecular weight excluding hydrogens is 188 g/mol. The van der Waals surface area contributed by atoms with E-state index in [2.05, 4.69) is 6.58 Å². The molecule has 1 heterocycles. The summed E-state index contributed by atoms with van der Waals surface area (Å²) in [6.07, 6.45) is -2.52. The van der Waals surface area contributed by atoms with Crippen molar-refractivity contribution in [1.29, 1.82) is 0 Å². The molecule has 1 rings (SSSR count). The summed E-state index contributed by atoms with van der Waals surface area (Å²) in [5, 5.41) is 18.7. The standard InChI is InChI=1S/C9H16O5/c1-5-7(11)9(13-3)8(12-2)6(4-10)14-5/h6-11H,1,4H2,2-3H3. The van der Waals surface area contributed by atoms with E-state index in [0.29, 0.717) is 0 Å². The van der Waals surface area contributed by atoms with Crippen molar-refractivity contribution in [3.63, 3.8) is 0 Å². The van der Waals surface area contributed by atoms with Gasteiger partial charge in [-0.05, 0) is 0 Å². The van der Waals surface area contributed by atoms with Crippen LogP contribution in [-0.2, 0) is 14.2 Å². The molecule has 0 aromatic carbocycles. The number of aliphatic hydroxyl groups excluding tert-OH is 2. The number of hydrogen-bond acceptors (Lipinski definition) is 5. The van der Waals surface area contributed by atoms with Gasteiger partial charge in [0, 0.05) is 14.2 Å². The van der Waals surface area contributed by atoms with E-state index in [0.717, 1.165) is 0 Å². The lowest BCUT2D eigenvalue weighted by atomic mass is 9.98. The second-order valence-electron chi connectivity index (χ2n) is 3.15. The zero-order chi connectivity index (χ0) is 10.7. The minimum absolute atomic E-state index is 0.198. The van der Waals surface area contributed by atoms with Crippen LogP contribution >= 0.6 is 0 Å². The molecule has 0 aromatic rings. The molecule has 0 radical (unpaired) electrons. The molecule has 1 fully saturated rings. The minimum atomic E-state index is -0.923. The summed E-state index contributed by atoms with van der Waals surface area (Å²) < 4.78 is 15.4. The van der Waals surface area contributed by atoms with Crippen molar-refractivity contribution in [2.45, 2.75) is 24.4 Å². The lowest BCUT2D eigenvalue weighted by Gasteiger charge is -2.39. The Bertz CT molecular complexity index is 205. The van der Waals surface area contributed by atoms with Crippen molar-refractivity contribution >= 4 is 0 Å². The molecule has 0 saturated carbocycles. The Morgan fingerprint density at radius 2 is 1.93 bits per heavy atom. The zero-order valence-corrected chi connectivity index (χ0v) is 8.34. The Balaban J connectivity index is 2.80. The molecule has 5 heteroatoms. The van der Waals surface area contributed by atoms with Gasteiger partial charge in [0.2, 0.25) is 0 Å². The Hall–Kier alpha value is -0.620. The normalized spacial score (nSPS) is 38.1. The molecule has 82 valence electrons. The van der Waals surface area contributed by atoms with E-state index in [1.54, 1.807) is 0 Å². The number of aliphatic hydroxyl groups is 2. The molecule has 14 heavy (non-hydrogen) atoms.